The van der Waals surface area contributed by atoms with E-state index in [0.29, 0.717) is 22.0 Å². The van der Waals surface area contributed by atoms with E-state index in [1.165, 1.54) is 18.2 Å². The molecule has 0 aliphatic carbocycles. The minimum absolute atomic E-state index is 0.0798. The van der Waals surface area contributed by atoms with Gasteiger partial charge in [-0.3, -0.25) is 4.79 Å². The van der Waals surface area contributed by atoms with Gasteiger partial charge in [-0.1, -0.05) is 23.4 Å². The van der Waals surface area contributed by atoms with Crippen LogP contribution in [0.4, 0.5) is 5.69 Å². The Kier molecular flexibility index (Phi) is 7.36. The molecule has 2 N–H and O–H groups in total. The molecule has 3 aromatic rings. The smallest absolute Gasteiger partial charge is 0.337 e. The number of hydrogen-bond acceptors (Lipinski definition) is 6. The van der Waals surface area contributed by atoms with Crippen molar-refractivity contribution in [3.8, 4) is 23.1 Å². The minimum atomic E-state index is -1.19. The molecule has 0 saturated heterocycles. The zero-order valence-electron chi connectivity index (χ0n) is 17.1. The molecule has 7 nitrogen and oxygen atoms in total. The lowest BCUT2D eigenvalue weighted by molar-refractivity contribution is -0.115. The number of anilines is 1. The molecular weight excluding hydrogens is 450 g/mol. The van der Waals surface area contributed by atoms with Gasteiger partial charge in [0.1, 0.15) is 16.8 Å². The number of carboxylic acid groups (broad SMARTS) is 1. The van der Waals surface area contributed by atoms with E-state index in [0.717, 1.165) is 23.1 Å². The number of aromatic carboxylic acids is 1. The van der Waals surface area contributed by atoms with Gasteiger partial charge < -0.3 is 15.2 Å². The lowest BCUT2D eigenvalue weighted by Gasteiger charge is -2.14. The fourth-order valence-electron chi connectivity index (χ4n) is 2.77. The zero-order valence-corrected chi connectivity index (χ0v) is 18.7. The van der Waals surface area contributed by atoms with E-state index < -0.39 is 11.2 Å². The molecule has 0 bridgehead atoms. The van der Waals surface area contributed by atoms with Crippen LogP contribution < -0.4 is 10.1 Å². The summed E-state index contributed by atoms with van der Waals surface area (Å²) >= 11 is 7.01. The molecule has 9 heteroatoms. The Bertz CT molecular complexity index is 1210. The molecule has 0 radical (unpaired) electrons. The molecule has 0 aliphatic heterocycles. The second kappa shape index (κ2) is 10.2. The van der Waals surface area contributed by atoms with Crippen LogP contribution in [0.25, 0.3) is 11.3 Å². The summed E-state index contributed by atoms with van der Waals surface area (Å²) in [5, 5.41) is 21.2. The number of methoxy groups -OCH3 is 1. The summed E-state index contributed by atoms with van der Waals surface area (Å²) in [6.45, 7) is 1.68. The van der Waals surface area contributed by atoms with Gasteiger partial charge in [0.15, 0.2) is 0 Å². The summed E-state index contributed by atoms with van der Waals surface area (Å²) in [5.41, 5.74) is 2.06. The van der Waals surface area contributed by atoms with Gasteiger partial charge in [0.2, 0.25) is 5.91 Å². The quantitative estimate of drug-likeness (QED) is 0.465. The number of nitrogens with zero attached hydrogens (tertiary/aromatic N) is 2. The molecule has 1 unspecified atom stereocenters. The highest BCUT2D eigenvalue weighted by molar-refractivity contribution is 8.00. The Morgan fingerprint density at radius 3 is 2.53 bits per heavy atom. The summed E-state index contributed by atoms with van der Waals surface area (Å²) in [7, 11) is 1.59. The van der Waals surface area contributed by atoms with E-state index in [1.54, 1.807) is 26.2 Å². The van der Waals surface area contributed by atoms with Crippen molar-refractivity contribution in [2.45, 2.75) is 17.2 Å². The van der Waals surface area contributed by atoms with Gasteiger partial charge in [-0.2, -0.15) is 5.26 Å². The first kappa shape index (κ1) is 23.1. The third-order valence-electron chi connectivity index (χ3n) is 4.49. The number of amides is 1. The van der Waals surface area contributed by atoms with Crippen LogP contribution in [0.5, 0.6) is 5.75 Å². The third kappa shape index (κ3) is 5.38. The lowest BCUT2D eigenvalue weighted by Crippen LogP contribution is -2.22. The SMILES string of the molecule is COc1ccc(-c2ccc(C#N)c(SC(C)C(=O)Nc3ccc(Cl)c(C(=O)O)c3)n2)cc1. The summed E-state index contributed by atoms with van der Waals surface area (Å²) < 4.78 is 5.17. The van der Waals surface area contributed by atoms with Gasteiger partial charge in [-0.25, -0.2) is 9.78 Å². The van der Waals surface area contributed by atoms with Crippen molar-refractivity contribution >= 4 is 40.9 Å². The van der Waals surface area contributed by atoms with Crippen molar-refractivity contribution in [2.24, 2.45) is 0 Å². The Hall–Kier alpha value is -3.54. The summed E-state index contributed by atoms with van der Waals surface area (Å²) in [4.78, 5) is 28.5. The van der Waals surface area contributed by atoms with Crippen molar-refractivity contribution in [3.63, 3.8) is 0 Å². The number of ether oxygens (including phenoxy) is 1. The van der Waals surface area contributed by atoms with Crippen LogP contribution in [0.15, 0.2) is 59.6 Å². The maximum atomic E-state index is 12.7. The third-order valence-corrected chi connectivity index (χ3v) is 5.92. The van der Waals surface area contributed by atoms with Crippen LogP contribution >= 0.6 is 23.4 Å². The first-order valence-corrected chi connectivity index (χ1v) is 10.6. The Morgan fingerprint density at radius 1 is 1.19 bits per heavy atom. The molecule has 1 aromatic heterocycles. The number of benzene rings is 2. The normalized spacial score (nSPS) is 11.3. The predicted molar refractivity (Wildman–Crippen MR) is 123 cm³/mol. The van der Waals surface area contributed by atoms with Gasteiger partial charge in [-0.05, 0) is 61.5 Å². The van der Waals surface area contributed by atoms with Crippen molar-refractivity contribution in [2.75, 3.05) is 12.4 Å². The monoisotopic (exact) mass is 467 g/mol. The zero-order chi connectivity index (χ0) is 23.3. The lowest BCUT2D eigenvalue weighted by atomic mass is 10.1. The molecule has 0 saturated carbocycles. The summed E-state index contributed by atoms with van der Waals surface area (Å²) in [5.74, 6) is -0.837. The number of hydrogen-bond donors (Lipinski definition) is 2. The fourth-order valence-corrected chi connectivity index (χ4v) is 3.86. The second-order valence-electron chi connectivity index (χ2n) is 6.64. The molecule has 2 aromatic carbocycles. The predicted octanol–water partition coefficient (Wildman–Crippen LogP) is 5.10. The summed E-state index contributed by atoms with van der Waals surface area (Å²) in [6.07, 6.45) is 0. The number of carbonyl (C=O) groups is 2. The molecule has 1 atom stereocenters. The van der Waals surface area contributed by atoms with Crippen LogP contribution in [-0.2, 0) is 4.79 Å². The molecule has 0 fully saturated rings. The number of carboxylic acids is 1. The van der Waals surface area contributed by atoms with Crippen LogP contribution in [0.1, 0.15) is 22.8 Å². The van der Waals surface area contributed by atoms with Crippen LogP contribution in [0.2, 0.25) is 5.02 Å². The van der Waals surface area contributed by atoms with E-state index in [-0.39, 0.29) is 16.5 Å². The molecule has 32 heavy (non-hydrogen) atoms. The maximum absolute atomic E-state index is 12.7. The number of nitriles is 1. The number of halogens is 1. The van der Waals surface area contributed by atoms with E-state index >= 15 is 0 Å². The average molecular weight is 468 g/mol. The van der Waals surface area contributed by atoms with Crippen molar-refractivity contribution in [3.05, 3.63) is 70.7 Å². The number of aromatic nitrogens is 1. The maximum Gasteiger partial charge on any atom is 0.337 e. The van der Waals surface area contributed by atoms with Crippen LogP contribution in [0.3, 0.4) is 0 Å². The van der Waals surface area contributed by atoms with Gasteiger partial charge in [0, 0.05) is 11.3 Å². The molecule has 0 spiro atoms. The highest BCUT2D eigenvalue weighted by Crippen LogP contribution is 2.30. The summed E-state index contributed by atoms with van der Waals surface area (Å²) in [6, 6.07) is 17.1. The Morgan fingerprint density at radius 2 is 1.91 bits per heavy atom. The van der Waals surface area contributed by atoms with Crippen LogP contribution in [0, 0.1) is 11.3 Å². The minimum Gasteiger partial charge on any atom is -0.497 e. The fraction of sp³-hybridized carbons (Fsp3) is 0.130. The highest BCUT2D eigenvalue weighted by atomic mass is 35.5. The average Bonchev–Trinajstić information content (AvgIpc) is 2.80. The first-order valence-electron chi connectivity index (χ1n) is 9.38. The first-order chi connectivity index (χ1) is 15.3. The van der Waals surface area contributed by atoms with E-state index in [1.807, 2.05) is 24.3 Å². The van der Waals surface area contributed by atoms with Crippen LogP contribution in [-0.4, -0.2) is 34.3 Å². The molecule has 0 aliphatic rings. The standard InChI is InChI=1S/C23H18ClN3O4S/c1-13(21(28)26-16-6-9-19(24)18(11-16)23(29)30)32-22-15(12-25)5-10-20(27-22)14-3-7-17(31-2)8-4-14/h3-11,13H,1-2H3,(H,26,28)(H,29,30). The van der Waals surface area contributed by atoms with Gasteiger partial charge in [-0.15, -0.1) is 0 Å². The number of pyridine rings is 1. The van der Waals surface area contributed by atoms with E-state index in [4.69, 9.17) is 16.3 Å². The molecule has 162 valence electrons. The highest BCUT2D eigenvalue weighted by Gasteiger charge is 2.19. The topological polar surface area (TPSA) is 112 Å². The number of nitrogens with one attached hydrogen (secondary N) is 1. The Labute approximate surface area is 194 Å². The molecular formula is C23H18ClN3O4S. The van der Waals surface area contributed by atoms with Crippen molar-refractivity contribution in [1.82, 2.24) is 4.98 Å². The Balaban J connectivity index is 1.79. The number of thioether (sulfide) groups is 1. The van der Waals surface area contributed by atoms with Gasteiger partial charge >= 0.3 is 5.97 Å². The molecule has 1 amide bonds. The largest absolute Gasteiger partial charge is 0.497 e. The molecule has 3 rings (SSSR count). The van der Waals surface area contributed by atoms with Crippen molar-refractivity contribution in [1.29, 1.82) is 5.26 Å². The second-order valence-corrected chi connectivity index (χ2v) is 8.38. The van der Waals surface area contributed by atoms with Crippen molar-refractivity contribution < 1.29 is 19.4 Å². The van der Waals surface area contributed by atoms with Gasteiger partial charge in [0.05, 0.1) is 34.2 Å². The van der Waals surface area contributed by atoms with E-state index in [2.05, 4.69) is 16.4 Å². The number of carbonyl (C=O) groups excluding carboxylic acids is 1. The number of rotatable bonds is 7. The van der Waals surface area contributed by atoms with Gasteiger partial charge in [0.25, 0.3) is 0 Å². The molecule has 1 heterocycles. The van der Waals surface area contributed by atoms with E-state index in [9.17, 15) is 20.0 Å².